The normalized spacial score (nSPS) is 10.5. The average molecular weight is 395 g/mol. The van der Waals surface area contributed by atoms with Gasteiger partial charge in [0.25, 0.3) is 11.5 Å². The van der Waals surface area contributed by atoms with E-state index in [2.05, 4.69) is 20.6 Å². The van der Waals surface area contributed by atoms with Gasteiger partial charge in [-0.15, -0.1) is 0 Å². The molecule has 0 unspecified atom stereocenters. The fourth-order valence-electron chi connectivity index (χ4n) is 2.95. The highest BCUT2D eigenvalue weighted by Crippen LogP contribution is 2.22. The number of nitrogens with zero attached hydrogens (tertiary/aromatic N) is 3. The highest BCUT2D eigenvalue weighted by molar-refractivity contribution is 6.00. The number of hydrogen-bond acceptors (Lipinski definition) is 5. The van der Waals surface area contributed by atoms with Gasteiger partial charge in [0.15, 0.2) is 0 Å². The molecule has 0 fully saturated rings. The van der Waals surface area contributed by atoms with Crippen molar-refractivity contribution in [2.45, 2.75) is 6.92 Å². The largest absolute Gasteiger partial charge is 1.00 e. The van der Waals surface area contributed by atoms with E-state index < -0.39 is 0 Å². The monoisotopic (exact) mass is 394 g/mol. The fraction of sp³-hybridized carbons (Fsp3) is 0.100. The molecule has 4 rings (SSSR count). The van der Waals surface area contributed by atoms with Crippen LogP contribution in [0, 0.1) is 6.92 Å². The number of rotatable bonds is 3. The van der Waals surface area contributed by atoms with Crippen molar-refractivity contribution in [2.24, 2.45) is 0 Å². The zero-order chi connectivity index (χ0) is 19.0. The number of benzene rings is 2. The highest BCUT2D eigenvalue weighted by Gasteiger charge is 2.13. The zero-order valence-electron chi connectivity index (χ0n) is 15.2. The molecule has 0 saturated carbocycles. The van der Waals surface area contributed by atoms with Crippen molar-refractivity contribution in [3.63, 3.8) is 0 Å². The van der Waals surface area contributed by atoms with Crippen LogP contribution < -0.4 is 28.6 Å². The van der Waals surface area contributed by atoms with Crippen molar-refractivity contribution in [1.29, 1.82) is 0 Å². The van der Waals surface area contributed by atoms with Crippen LogP contribution in [0.5, 0.6) is 0 Å². The Morgan fingerprint density at radius 2 is 1.75 bits per heavy atom. The summed E-state index contributed by atoms with van der Waals surface area (Å²) in [6.45, 7) is 1.85. The van der Waals surface area contributed by atoms with Crippen molar-refractivity contribution in [3.8, 4) is 0 Å². The number of carbonyl (C=O) groups excluding carboxylic acids is 1. The van der Waals surface area contributed by atoms with Gasteiger partial charge in [-0.1, -0.05) is 24.3 Å². The molecule has 0 atom stereocenters. The summed E-state index contributed by atoms with van der Waals surface area (Å²) in [5.74, 6) is 0.634. The van der Waals surface area contributed by atoms with Gasteiger partial charge in [-0.3, -0.25) is 14.0 Å². The summed E-state index contributed by atoms with van der Waals surface area (Å²) in [4.78, 5) is 33.8. The first-order valence-corrected chi connectivity index (χ1v) is 8.45. The van der Waals surface area contributed by atoms with E-state index in [1.807, 2.05) is 25.1 Å². The quantitative estimate of drug-likeness (QED) is 0.464. The predicted octanol–water partition coefficient (Wildman–Crippen LogP) is -0.342. The van der Waals surface area contributed by atoms with Crippen LogP contribution in [0.1, 0.15) is 15.9 Å². The number of anilines is 2. The molecule has 8 heteroatoms. The van der Waals surface area contributed by atoms with Crippen LogP contribution >= 0.6 is 0 Å². The maximum absolute atomic E-state index is 12.7. The van der Waals surface area contributed by atoms with Crippen LogP contribution in [0.2, 0.25) is 0 Å². The van der Waals surface area contributed by atoms with E-state index in [1.165, 1.54) is 4.40 Å². The van der Waals surface area contributed by atoms with Crippen LogP contribution in [-0.4, -0.2) is 27.3 Å². The summed E-state index contributed by atoms with van der Waals surface area (Å²) >= 11 is 0. The maximum atomic E-state index is 12.7. The molecule has 2 aromatic heterocycles. The first kappa shape index (κ1) is 19.3. The molecular weight excluding hydrogens is 378 g/mol. The summed E-state index contributed by atoms with van der Waals surface area (Å²) in [6.07, 6.45) is 1.70. The van der Waals surface area contributed by atoms with E-state index in [-0.39, 0.29) is 23.9 Å². The zero-order valence-corrected chi connectivity index (χ0v) is 16.0. The van der Waals surface area contributed by atoms with E-state index >= 15 is 0 Å². The number of nitrogens with one attached hydrogen (secondary N) is 2. The molecule has 0 spiro atoms. The predicted molar refractivity (Wildman–Crippen MR) is 105 cm³/mol. The van der Waals surface area contributed by atoms with E-state index in [9.17, 15) is 9.59 Å². The second-order valence-electron chi connectivity index (χ2n) is 6.13. The molecule has 2 N–H and O–H groups in total. The van der Waals surface area contributed by atoms with Gasteiger partial charge in [-0.2, -0.15) is 4.98 Å². The standard InChI is InChI=1S/C20H17N5O2.ClH/c1-12-11-25-19(27)14-8-4-6-10-16(14)23-20(25)24-17(12)22-15-9-5-3-7-13(15)18(26)21-2;/h3-11H,1-2H3,(H,21,26)(H,22,23,24);1H/p-1. The van der Waals surface area contributed by atoms with Crippen LogP contribution in [0.4, 0.5) is 11.5 Å². The lowest BCUT2D eigenvalue weighted by molar-refractivity contribution is -0.0000139. The molecule has 0 aliphatic heterocycles. The Kier molecular flexibility index (Phi) is 5.28. The van der Waals surface area contributed by atoms with E-state index in [0.717, 1.165) is 5.56 Å². The molecule has 4 aromatic rings. The van der Waals surface area contributed by atoms with Gasteiger partial charge >= 0.3 is 0 Å². The molecule has 0 aliphatic rings. The number of amides is 1. The summed E-state index contributed by atoms with van der Waals surface area (Å²) in [5.41, 5.74) is 2.32. The lowest BCUT2D eigenvalue weighted by Crippen LogP contribution is -3.00. The number of hydrogen-bond donors (Lipinski definition) is 2. The van der Waals surface area contributed by atoms with Crippen molar-refractivity contribution < 1.29 is 17.2 Å². The van der Waals surface area contributed by atoms with Crippen molar-refractivity contribution >= 4 is 34.1 Å². The molecule has 7 nitrogen and oxygen atoms in total. The molecule has 2 heterocycles. The van der Waals surface area contributed by atoms with Crippen LogP contribution in [0.15, 0.2) is 59.5 Å². The van der Waals surface area contributed by atoms with E-state index in [1.54, 1.807) is 43.6 Å². The molecular formula is C20H17ClN5O2-. The summed E-state index contributed by atoms with van der Waals surface area (Å²) in [7, 11) is 1.58. The maximum Gasteiger partial charge on any atom is 0.266 e. The second-order valence-corrected chi connectivity index (χ2v) is 6.13. The summed E-state index contributed by atoms with van der Waals surface area (Å²) in [6, 6.07) is 14.3. The molecule has 2 aromatic carbocycles. The third-order valence-corrected chi connectivity index (χ3v) is 4.35. The van der Waals surface area contributed by atoms with Gasteiger partial charge < -0.3 is 23.0 Å². The van der Waals surface area contributed by atoms with Gasteiger partial charge in [-0.05, 0) is 31.2 Å². The number of halogens is 1. The van der Waals surface area contributed by atoms with Crippen LogP contribution in [-0.2, 0) is 0 Å². The van der Waals surface area contributed by atoms with Crippen molar-refractivity contribution in [2.75, 3.05) is 12.4 Å². The lowest BCUT2D eigenvalue weighted by Gasteiger charge is -2.13. The first-order valence-electron chi connectivity index (χ1n) is 8.45. The molecule has 0 saturated heterocycles. The van der Waals surface area contributed by atoms with Gasteiger partial charge in [0.2, 0.25) is 5.78 Å². The number of fused-ring (bicyclic) bond motifs is 2. The number of aromatic nitrogens is 3. The minimum atomic E-state index is -0.197. The minimum Gasteiger partial charge on any atom is -1.00 e. The van der Waals surface area contributed by atoms with Gasteiger partial charge in [0.05, 0.1) is 22.2 Å². The molecule has 142 valence electrons. The number of aryl methyl sites for hydroxylation is 1. The first-order chi connectivity index (χ1) is 13.1. The Bertz CT molecular complexity index is 1250. The summed E-state index contributed by atoms with van der Waals surface area (Å²) < 4.78 is 1.44. The van der Waals surface area contributed by atoms with E-state index in [0.29, 0.717) is 33.7 Å². The van der Waals surface area contributed by atoms with Crippen LogP contribution in [0.3, 0.4) is 0 Å². The summed E-state index contributed by atoms with van der Waals surface area (Å²) in [5, 5.41) is 6.35. The molecule has 0 bridgehead atoms. The average Bonchev–Trinajstić information content (AvgIpc) is 2.69. The molecule has 0 aliphatic carbocycles. The fourth-order valence-corrected chi connectivity index (χ4v) is 2.95. The van der Waals surface area contributed by atoms with Gasteiger partial charge in [0.1, 0.15) is 5.82 Å². The Labute approximate surface area is 166 Å². The van der Waals surface area contributed by atoms with Crippen molar-refractivity contribution in [3.05, 3.63) is 76.2 Å². The van der Waals surface area contributed by atoms with Gasteiger partial charge in [-0.25, -0.2) is 4.98 Å². The number of para-hydroxylation sites is 2. The third kappa shape index (κ3) is 3.27. The Hall–Kier alpha value is -3.45. The third-order valence-electron chi connectivity index (χ3n) is 4.35. The Morgan fingerprint density at radius 3 is 2.54 bits per heavy atom. The highest BCUT2D eigenvalue weighted by atomic mass is 35.5. The van der Waals surface area contributed by atoms with Gasteiger partial charge in [0, 0.05) is 18.8 Å². The lowest BCUT2D eigenvalue weighted by atomic mass is 10.1. The minimum absolute atomic E-state index is 0. The molecule has 0 radical (unpaired) electrons. The molecule has 1 amide bonds. The smallest absolute Gasteiger partial charge is 0.266 e. The van der Waals surface area contributed by atoms with Crippen LogP contribution in [0.25, 0.3) is 16.7 Å². The Balaban J connectivity index is 0.00000225. The van der Waals surface area contributed by atoms with Crippen molar-refractivity contribution in [1.82, 2.24) is 19.7 Å². The topological polar surface area (TPSA) is 88.4 Å². The van der Waals surface area contributed by atoms with E-state index in [4.69, 9.17) is 0 Å². The second kappa shape index (κ2) is 7.66. The SMILES string of the molecule is CNC(=O)c1ccccc1Nc1nc2nc3ccccc3c(=O)n2cc1C.[Cl-]. The molecule has 28 heavy (non-hydrogen) atoms. The number of carbonyl (C=O) groups is 1. The Morgan fingerprint density at radius 1 is 1.04 bits per heavy atom.